The van der Waals surface area contributed by atoms with E-state index in [1.165, 1.54) is 0 Å². The van der Waals surface area contributed by atoms with Crippen molar-refractivity contribution in [2.24, 2.45) is 0 Å². The molecule has 1 aromatic carbocycles. The lowest BCUT2D eigenvalue weighted by Crippen LogP contribution is -2.40. The SMILES string of the molecule is Cc1cnc(NC2CCC(NC(=O)c3cccnc3Oc3ccccc3Cl)CC2)nc1N(C)C. The Morgan fingerprint density at radius 3 is 2.53 bits per heavy atom. The second-order valence-electron chi connectivity index (χ2n) is 8.65. The highest BCUT2D eigenvalue weighted by Crippen LogP contribution is 2.30. The first-order chi connectivity index (χ1) is 16.4. The van der Waals surface area contributed by atoms with E-state index in [2.05, 4.69) is 25.6 Å². The monoisotopic (exact) mass is 480 g/mol. The van der Waals surface area contributed by atoms with E-state index in [4.69, 9.17) is 16.3 Å². The number of anilines is 2. The third kappa shape index (κ3) is 5.75. The Kier molecular flexibility index (Phi) is 7.47. The molecule has 0 spiro atoms. The van der Waals surface area contributed by atoms with Gasteiger partial charge >= 0.3 is 0 Å². The average molecular weight is 481 g/mol. The molecule has 2 heterocycles. The molecule has 1 aliphatic rings. The molecule has 0 saturated heterocycles. The molecule has 2 N–H and O–H groups in total. The van der Waals surface area contributed by atoms with Crippen molar-refractivity contribution < 1.29 is 9.53 Å². The van der Waals surface area contributed by atoms with Gasteiger partial charge in [0.15, 0.2) is 0 Å². The summed E-state index contributed by atoms with van der Waals surface area (Å²) in [5.41, 5.74) is 1.42. The number of halogens is 1. The van der Waals surface area contributed by atoms with Crippen LogP contribution in [0.3, 0.4) is 0 Å². The molecule has 8 nitrogen and oxygen atoms in total. The molecule has 178 valence electrons. The number of carbonyl (C=O) groups excluding carboxylic acids is 1. The van der Waals surface area contributed by atoms with Crippen LogP contribution >= 0.6 is 11.6 Å². The predicted octanol–water partition coefficient (Wildman–Crippen LogP) is 4.84. The molecule has 0 aliphatic heterocycles. The van der Waals surface area contributed by atoms with Gasteiger partial charge < -0.3 is 20.3 Å². The summed E-state index contributed by atoms with van der Waals surface area (Å²) in [5, 5.41) is 7.04. The molecule has 0 atom stereocenters. The van der Waals surface area contributed by atoms with E-state index in [-0.39, 0.29) is 23.9 Å². The number of carbonyl (C=O) groups is 1. The van der Waals surface area contributed by atoms with E-state index < -0.39 is 0 Å². The quantitative estimate of drug-likeness (QED) is 0.499. The van der Waals surface area contributed by atoms with Crippen molar-refractivity contribution in [3.8, 4) is 11.6 Å². The van der Waals surface area contributed by atoms with E-state index in [0.717, 1.165) is 37.1 Å². The smallest absolute Gasteiger partial charge is 0.257 e. The number of benzene rings is 1. The maximum Gasteiger partial charge on any atom is 0.257 e. The topological polar surface area (TPSA) is 92.3 Å². The highest BCUT2D eigenvalue weighted by molar-refractivity contribution is 6.32. The molecule has 1 aliphatic carbocycles. The number of hydrogen-bond acceptors (Lipinski definition) is 7. The van der Waals surface area contributed by atoms with Crippen molar-refractivity contribution in [3.63, 3.8) is 0 Å². The van der Waals surface area contributed by atoms with Crippen molar-refractivity contribution in [3.05, 3.63) is 64.9 Å². The number of aryl methyl sites for hydroxylation is 1. The lowest BCUT2D eigenvalue weighted by molar-refractivity contribution is 0.0923. The van der Waals surface area contributed by atoms with Gasteiger partial charge in [-0.05, 0) is 56.9 Å². The van der Waals surface area contributed by atoms with Crippen molar-refractivity contribution in [1.82, 2.24) is 20.3 Å². The summed E-state index contributed by atoms with van der Waals surface area (Å²) in [5.74, 6) is 2.03. The zero-order valence-corrected chi connectivity index (χ0v) is 20.3. The summed E-state index contributed by atoms with van der Waals surface area (Å²) in [6, 6.07) is 10.9. The largest absolute Gasteiger partial charge is 0.437 e. The summed E-state index contributed by atoms with van der Waals surface area (Å²) < 4.78 is 5.84. The van der Waals surface area contributed by atoms with Crippen LogP contribution in [0.25, 0.3) is 0 Å². The van der Waals surface area contributed by atoms with Gasteiger partial charge in [-0.2, -0.15) is 4.98 Å². The average Bonchev–Trinajstić information content (AvgIpc) is 2.83. The number of aromatic nitrogens is 3. The molecule has 0 radical (unpaired) electrons. The highest BCUT2D eigenvalue weighted by Gasteiger charge is 2.25. The maximum absolute atomic E-state index is 13.0. The van der Waals surface area contributed by atoms with Crippen molar-refractivity contribution >= 4 is 29.3 Å². The van der Waals surface area contributed by atoms with Gasteiger partial charge in [0, 0.05) is 44.1 Å². The standard InChI is InChI=1S/C25H29ClN6O2/c1-16-15-28-25(31-22(16)32(2)3)30-18-12-10-17(11-13-18)29-23(33)19-7-6-14-27-24(19)34-21-9-5-4-8-20(21)26/h4-9,14-15,17-18H,10-13H2,1-3H3,(H,29,33)(H,28,30,31). The van der Waals surface area contributed by atoms with Crippen LogP contribution in [0.1, 0.15) is 41.6 Å². The predicted molar refractivity (Wildman–Crippen MR) is 134 cm³/mol. The number of rotatable bonds is 7. The Hall–Kier alpha value is -3.39. The number of nitrogens with one attached hydrogen (secondary N) is 2. The van der Waals surface area contributed by atoms with Crippen molar-refractivity contribution in [1.29, 1.82) is 0 Å². The normalized spacial score (nSPS) is 17.6. The van der Waals surface area contributed by atoms with Crippen LogP contribution in [0.5, 0.6) is 11.6 Å². The molecule has 2 aromatic heterocycles. The Morgan fingerprint density at radius 2 is 1.79 bits per heavy atom. The molecule has 1 amide bonds. The van der Waals surface area contributed by atoms with Crippen molar-refractivity contribution in [2.45, 2.75) is 44.7 Å². The number of amides is 1. The van der Waals surface area contributed by atoms with E-state index in [1.54, 1.807) is 30.5 Å². The molecule has 34 heavy (non-hydrogen) atoms. The summed E-state index contributed by atoms with van der Waals surface area (Å²) in [6.07, 6.45) is 6.97. The minimum Gasteiger partial charge on any atom is -0.437 e. The van der Waals surface area contributed by atoms with Gasteiger partial charge in [0.25, 0.3) is 5.91 Å². The van der Waals surface area contributed by atoms with Crippen LogP contribution in [0, 0.1) is 6.92 Å². The number of pyridine rings is 1. The Balaban J connectivity index is 1.34. The number of ether oxygens (including phenoxy) is 1. The van der Waals surface area contributed by atoms with Gasteiger partial charge in [0.2, 0.25) is 11.8 Å². The molecule has 0 bridgehead atoms. The van der Waals surface area contributed by atoms with Gasteiger partial charge in [-0.15, -0.1) is 0 Å². The fourth-order valence-corrected chi connectivity index (χ4v) is 4.23. The van der Waals surface area contributed by atoms with Gasteiger partial charge in [0.1, 0.15) is 17.1 Å². The van der Waals surface area contributed by atoms with Crippen LogP contribution in [0.4, 0.5) is 11.8 Å². The van der Waals surface area contributed by atoms with Crippen LogP contribution in [-0.2, 0) is 0 Å². The molecule has 3 aromatic rings. The molecular formula is C25H29ClN6O2. The summed E-state index contributed by atoms with van der Waals surface area (Å²) in [6.45, 7) is 2.00. The van der Waals surface area contributed by atoms with Crippen LogP contribution in [-0.4, -0.2) is 47.0 Å². The first-order valence-corrected chi connectivity index (χ1v) is 11.7. The molecular weight excluding hydrogens is 452 g/mol. The lowest BCUT2D eigenvalue weighted by Gasteiger charge is -2.30. The molecule has 1 saturated carbocycles. The minimum atomic E-state index is -0.205. The molecule has 1 fully saturated rings. The third-order valence-electron chi connectivity index (χ3n) is 5.82. The zero-order valence-electron chi connectivity index (χ0n) is 19.6. The van der Waals surface area contributed by atoms with E-state index >= 15 is 0 Å². The Labute approximate surface area is 204 Å². The van der Waals surface area contributed by atoms with Crippen LogP contribution < -0.4 is 20.3 Å². The number of nitrogens with zero attached hydrogens (tertiary/aromatic N) is 4. The van der Waals surface area contributed by atoms with Gasteiger partial charge in [-0.25, -0.2) is 9.97 Å². The number of hydrogen-bond donors (Lipinski definition) is 2. The lowest BCUT2D eigenvalue weighted by atomic mass is 9.91. The van der Waals surface area contributed by atoms with Crippen molar-refractivity contribution in [2.75, 3.05) is 24.3 Å². The zero-order chi connectivity index (χ0) is 24.1. The number of para-hydroxylation sites is 1. The second kappa shape index (κ2) is 10.7. The summed E-state index contributed by atoms with van der Waals surface area (Å²) in [7, 11) is 3.94. The fourth-order valence-electron chi connectivity index (χ4n) is 4.06. The van der Waals surface area contributed by atoms with E-state index in [9.17, 15) is 4.79 Å². The van der Waals surface area contributed by atoms with Gasteiger partial charge in [-0.1, -0.05) is 23.7 Å². The Morgan fingerprint density at radius 1 is 1.06 bits per heavy atom. The van der Waals surface area contributed by atoms with Crippen LogP contribution in [0.15, 0.2) is 48.8 Å². The Bertz CT molecular complexity index is 1150. The van der Waals surface area contributed by atoms with Gasteiger partial charge in [-0.3, -0.25) is 4.79 Å². The van der Waals surface area contributed by atoms with E-state index in [0.29, 0.717) is 22.3 Å². The fraction of sp³-hybridized carbons (Fsp3) is 0.360. The van der Waals surface area contributed by atoms with Crippen LogP contribution in [0.2, 0.25) is 5.02 Å². The summed E-state index contributed by atoms with van der Waals surface area (Å²) >= 11 is 6.19. The van der Waals surface area contributed by atoms with E-state index in [1.807, 2.05) is 44.2 Å². The highest BCUT2D eigenvalue weighted by atomic mass is 35.5. The second-order valence-corrected chi connectivity index (χ2v) is 9.06. The first-order valence-electron chi connectivity index (χ1n) is 11.4. The minimum absolute atomic E-state index is 0.0789. The molecule has 9 heteroatoms. The molecule has 4 rings (SSSR count). The first kappa shape index (κ1) is 23.8. The molecule has 0 unspecified atom stereocenters. The third-order valence-corrected chi connectivity index (χ3v) is 6.14. The summed E-state index contributed by atoms with van der Waals surface area (Å²) in [4.78, 5) is 28.3. The van der Waals surface area contributed by atoms with Gasteiger partial charge in [0.05, 0.1) is 5.02 Å². The maximum atomic E-state index is 13.0.